The highest BCUT2D eigenvalue weighted by Crippen LogP contribution is 2.18. The number of hydrogen-bond donors (Lipinski definition) is 2. The summed E-state index contributed by atoms with van der Waals surface area (Å²) in [6.07, 6.45) is 0. The van der Waals surface area contributed by atoms with Crippen LogP contribution in [0.5, 0.6) is 0 Å². The first-order valence-electron chi connectivity index (χ1n) is 7.34. The average molecular weight is 395 g/mol. The molecule has 9 heteroatoms. The number of aromatic nitrogens is 4. The lowest BCUT2D eigenvalue weighted by Gasteiger charge is -2.20. The van der Waals surface area contributed by atoms with Crippen LogP contribution in [-0.4, -0.2) is 37.7 Å². The van der Waals surface area contributed by atoms with E-state index in [1.165, 1.54) is 4.80 Å². The fourth-order valence-corrected chi connectivity index (χ4v) is 2.06. The van der Waals surface area contributed by atoms with Crippen molar-refractivity contribution in [2.24, 2.45) is 0 Å². The van der Waals surface area contributed by atoms with Crippen LogP contribution >= 0.6 is 15.9 Å². The lowest BCUT2D eigenvalue weighted by atomic mass is 10.1. The van der Waals surface area contributed by atoms with E-state index in [0.717, 1.165) is 10.0 Å². The Bertz CT molecular complexity index is 735. The molecule has 1 unspecified atom stereocenters. The quantitative estimate of drug-likeness (QED) is 0.831. The molecule has 1 aromatic carbocycles. The Hall–Kier alpha value is -2.29. The second kappa shape index (κ2) is 7.08. The molecule has 1 heterocycles. The predicted molar refractivity (Wildman–Crippen MR) is 92.1 cm³/mol. The molecule has 0 spiro atoms. The van der Waals surface area contributed by atoms with Gasteiger partial charge in [-0.2, -0.15) is 4.80 Å². The van der Waals surface area contributed by atoms with Crippen LogP contribution in [0.25, 0.3) is 11.4 Å². The number of rotatable bonds is 3. The molecule has 128 valence electrons. The number of nitrogens with zero attached hydrogens (tertiary/aromatic N) is 4. The van der Waals surface area contributed by atoms with Crippen molar-refractivity contribution in [1.82, 2.24) is 30.8 Å². The summed E-state index contributed by atoms with van der Waals surface area (Å²) in [5, 5.41) is 17.0. The highest BCUT2D eigenvalue weighted by molar-refractivity contribution is 9.10. The Labute approximate surface area is 148 Å². The van der Waals surface area contributed by atoms with Crippen molar-refractivity contribution in [2.45, 2.75) is 39.3 Å². The van der Waals surface area contributed by atoms with Crippen molar-refractivity contribution in [3.05, 3.63) is 28.7 Å². The molecule has 8 nitrogen and oxygen atoms in total. The summed E-state index contributed by atoms with van der Waals surface area (Å²) in [5.41, 5.74) is 0.343. The number of carbonyl (C=O) groups is 2. The van der Waals surface area contributed by atoms with E-state index in [9.17, 15) is 9.59 Å². The highest BCUT2D eigenvalue weighted by Gasteiger charge is 2.22. The summed E-state index contributed by atoms with van der Waals surface area (Å²) >= 11 is 3.36. The second-order valence-corrected chi connectivity index (χ2v) is 7.23. The molecule has 0 saturated carbocycles. The van der Waals surface area contributed by atoms with Crippen LogP contribution in [0.15, 0.2) is 28.7 Å². The molecular formula is C15H19BrN6O2. The van der Waals surface area contributed by atoms with Gasteiger partial charge in [-0.25, -0.2) is 4.79 Å². The molecule has 2 rings (SSSR count). The molecule has 0 aliphatic rings. The fourth-order valence-electron chi connectivity index (χ4n) is 1.80. The number of imide groups is 1. The summed E-state index contributed by atoms with van der Waals surface area (Å²) in [6.45, 7) is 7.06. The lowest BCUT2D eigenvalue weighted by molar-refractivity contribution is -0.123. The van der Waals surface area contributed by atoms with Gasteiger partial charge in [0.05, 0.1) is 0 Å². The van der Waals surface area contributed by atoms with Crippen molar-refractivity contribution >= 4 is 27.9 Å². The van der Waals surface area contributed by atoms with Gasteiger partial charge < -0.3 is 5.32 Å². The minimum atomic E-state index is -0.771. The molecule has 0 saturated heterocycles. The third kappa shape index (κ3) is 4.85. The molecule has 0 fully saturated rings. The van der Waals surface area contributed by atoms with Gasteiger partial charge in [-0.15, -0.1) is 10.2 Å². The number of amides is 3. The number of urea groups is 1. The molecule has 24 heavy (non-hydrogen) atoms. The van der Waals surface area contributed by atoms with Gasteiger partial charge in [0.15, 0.2) is 0 Å². The van der Waals surface area contributed by atoms with Crippen molar-refractivity contribution < 1.29 is 9.59 Å². The van der Waals surface area contributed by atoms with E-state index in [1.54, 1.807) is 6.92 Å². The molecule has 1 atom stereocenters. The van der Waals surface area contributed by atoms with Crippen molar-refractivity contribution in [3.8, 4) is 11.4 Å². The van der Waals surface area contributed by atoms with Crippen LogP contribution in [0.3, 0.4) is 0 Å². The smallest absolute Gasteiger partial charge is 0.321 e. The predicted octanol–water partition coefficient (Wildman–Crippen LogP) is 2.29. The first-order valence-corrected chi connectivity index (χ1v) is 8.13. The van der Waals surface area contributed by atoms with Crippen LogP contribution in [0.2, 0.25) is 0 Å². The molecule has 3 amide bonds. The van der Waals surface area contributed by atoms with Gasteiger partial charge >= 0.3 is 6.03 Å². The Morgan fingerprint density at radius 1 is 1.21 bits per heavy atom. The Morgan fingerprint density at radius 2 is 1.83 bits per heavy atom. The van der Waals surface area contributed by atoms with Crippen molar-refractivity contribution in [3.63, 3.8) is 0 Å². The van der Waals surface area contributed by atoms with E-state index in [0.29, 0.717) is 5.82 Å². The third-order valence-corrected chi connectivity index (χ3v) is 3.51. The number of benzene rings is 1. The average Bonchev–Trinajstić information content (AvgIpc) is 2.94. The van der Waals surface area contributed by atoms with Crippen molar-refractivity contribution in [1.29, 1.82) is 0 Å². The van der Waals surface area contributed by atoms with Crippen LogP contribution < -0.4 is 10.6 Å². The molecule has 1 aromatic heterocycles. The number of nitrogens with one attached hydrogen (secondary N) is 2. The monoisotopic (exact) mass is 394 g/mol. The Morgan fingerprint density at radius 3 is 2.42 bits per heavy atom. The molecular weight excluding hydrogens is 376 g/mol. The molecule has 0 radical (unpaired) electrons. The van der Waals surface area contributed by atoms with Crippen molar-refractivity contribution in [2.75, 3.05) is 0 Å². The summed E-state index contributed by atoms with van der Waals surface area (Å²) in [4.78, 5) is 25.1. The van der Waals surface area contributed by atoms with Crippen LogP contribution in [0.4, 0.5) is 4.79 Å². The minimum absolute atomic E-state index is 0.404. The van der Waals surface area contributed by atoms with E-state index in [2.05, 4.69) is 42.0 Å². The number of carbonyl (C=O) groups excluding carboxylic acids is 2. The topological polar surface area (TPSA) is 102 Å². The van der Waals surface area contributed by atoms with E-state index >= 15 is 0 Å². The first kappa shape index (κ1) is 18.1. The van der Waals surface area contributed by atoms with E-state index < -0.39 is 23.5 Å². The third-order valence-electron chi connectivity index (χ3n) is 2.98. The molecule has 2 aromatic rings. The zero-order valence-electron chi connectivity index (χ0n) is 13.9. The molecule has 0 aliphatic carbocycles. The number of halogens is 1. The van der Waals surface area contributed by atoms with Gasteiger partial charge in [0.25, 0.3) is 5.91 Å². The fraction of sp³-hybridized carbons (Fsp3) is 0.400. The zero-order valence-corrected chi connectivity index (χ0v) is 15.5. The summed E-state index contributed by atoms with van der Waals surface area (Å²) in [7, 11) is 0. The van der Waals surface area contributed by atoms with E-state index in [-0.39, 0.29) is 0 Å². The van der Waals surface area contributed by atoms with E-state index in [1.807, 2.05) is 45.0 Å². The normalized spacial score (nSPS) is 12.5. The largest absolute Gasteiger partial charge is 0.333 e. The van der Waals surface area contributed by atoms with Crippen LogP contribution in [0.1, 0.15) is 33.7 Å². The van der Waals surface area contributed by atoms with Gasteiger partial charge in [-0.1, -0.05) is 15.9 Å². The maximum atomic E-state index is 12.1. The molecule has 0 bridgehead atoms. The summed E-state index contributed by atoms with van der Waals surface area (Å²) < 4.78 is 0.941. The molecule has 2 N–H and O–H groups in total. The standard InChI is InChI=1S/C15H19BrN6O2/c1-9(13(23)17-14(24)18-15(2,3)4)22-20-12(19-21-22)10-5-7-11(16)8-6-10/h5-9H,1-4H3,(H2,17,18,23,24). The lowest BCUT2D eigenvalue weighted by Crippen LogP contribution is -2.49. The maximum absolute atomic E-state index is 12.1. The zero-order chi connectivity index (χ0) is 17.9. The van der Waals surface area contributed by atoms with Gasteiger partial charge in [0, 0.05) is 15.6 Å². The van der Waals surface area contributed by atoms with E-state index in [4.69, 9.17) is 0 Å². The van der Waals surface area contributed by atoms with Gasteiger partial charge in [0.1, 0.15) is 6.04 Å². The van der Waals surface area contributed by atoms with Gasteiger partial charge in [0.2, 0.25) is 5.82 Å². The minimum Gasteiger partial charge on any atom is -0.333 e. The first-order chi connectivity index (χ1) is 11.2. The second-order valence-electron chi connectivity index (χ2n) is 6.31. The number of hydrogen-bond acceptors (Lipinski definition) is 5. The van der Waals surface area contributed by atoms with Gasteiger partial charge in [-0.05, 0) is 57.2 Å². The highest BCUT2D eigenvalue weighted by atomic mass is 79.9. The maximum Gasteiger partial charge on any atom is 0.321 e. The SMILES string of the molecule is CC(C(=O)NC(=O)NC(C)(C)C)n1nnc(-c2ccc(Br)cc2)n1. The van der Waals surface area contributed by atoms with Gasteiger partial charge in [-0.3, -0.25) is 10.1 Å². The molecule has 0 aliphatic heterocycles. The van der Waals surface area contributed by atoms with Crippen LogP contribution in [0, 0.1) is 0 Å². The Kier molecular flexibility index (Phi) is 5.33. The summed E-state index contributed by atoms with van der Waals surface area (Å²) in [5.74, 6) is -0.113. The van der Waals surface area contributed by atoms with Crippen LogP contribution in [-0.2, 0) is 4.79 Å². The number of tetrazole rings is 1. The summed E-state index contributed by atoms with van der Waals surface area (Å²) in [6, 6.07) is 6.08. The Balaban J connectivity index is 2.05.